The summed E-state index contributed by atoms with van der Waals surface area (Å²) in [6.07, 6.45) is 3.44. The fourth-order valence-corrected chi connectivity index (χ4v) is 2.83. The van der Waals surface area contributed by atoms with Crippen molar-refractivity contribution in [2.75, 3.05) is 12.4 Å². The van der Waals surface area contributed by atoms with Gasteiger partial charge in [-0.2, -0.15) is 0 Å². The first kappa shape index (κ1) is 13.8. The summed E-state index contributed by atoms with van der Waals surface area (Å²) >= 11 is 0. The third-order valence-electron chi connectivity index (χ3n) is 3.95. The fraction of sp³-hybridized carbons (Fsp3) is 0.278. The van der Waals surface area contributed by atoms with Crippen LogP contribution in [-0.4, -0.2) is 13.0 Å². The highest BCUT2D eigenvalue weighted by atomic mass is 16.1. The number of amides is 1. The second kappa shape index (κ2) is 6.10. The molecular weight excluding hydrogens is 260 g/mol. The van der Waals surface area contributed by atoms with Gasteiger partial charge < -0.3 is 10.6 Å². The zero-order valence-electron chi connectivity index (χ0n) is 12.3. The van der Waals surface area contributed by atoms with Gasteiger partial charge in [-0.3, -0.25) is 4.79 Å². The van der Waals surface area contributed by atoms with Crippen molar-refractivity contribution in [3.63, 3.8) is 0 Å². The van der Waals surface area contributed by atoms with Gasteiger partial charge in [0.2, 0.25) is 0 Å². The monoisotopic (exact) mass is 280 g/mol. The minimum atomic E-state index is -0.0360. The van der Waals surface area contributed by atoms with Crippen LogP contribution in [0.15, 0.2) is 42.5 Å². The molecule has 0 saturated carbocycles. The lowest BCUT2D eigenvalue weighted by Crippen LogP contribution is -2.12. The molecular formula is C18H20N2O. The quantitative estimate of drug-likeness (QED) is 0.903. The molecule has 1 amide bonds. The first-order valence-electron chi connectivity index (χ1n) is 7.43. The molecule has 3 heteroatoms. The minimum absolute atomic E-state index is 0.0360. The van der Waals surface area contributed by atoms with Crippen LogP contribution in [0.5, 0.6) is 0 Å². The molecule has 0 aromatic heterocycles. The van der Waals surface area contributed by atoms with Crippen LogP contribution in [0.2, 0.25) is 0 Å². The summed E-state index contributed by atoms with van der Waals surface area (Å²) in [6, 6.07) is 14.0. The third-order valence-corrected chi connectivity index (χ3v) is 3.95. The Labute approximate surface area is 125 Å². The molecule has 0 fully saturated rings. The molecule has 0 aliphatic heterocycles. The predicted octanol–water partition coefficient (Wildman–Crippen LogP) is 3.15. The van der Waals surface area contributed by atoms with E-state index in [4.69, 9.17) is 0 Å². The molecule has 1 aliphatic rings. The molecule has 2 aromatic rings. The molecule has 3 rings (SSSR count). The zero-order chi connectivity index (χ0) is 14.7. The summed E-state index contributed by atoms with van der Waals surface area (Å²) in [6.45, 7) is 0.832. The van der Waals surface area contributed by atoms with Crippen molar-refractivity contribution in [3.05, 3.63) is 64.7 Å². The topological polar surface area (TPSA) is 41.1 Å². The Hall–Kier alpha value is -2.13. The van der Waals surface area contributed by atoms with E-state index < -0.39 is 0 Å². The summed E-state index contributed by atoms with van der Waals surface area (Å²) in [7, 11) is 1.92. The van der Waals surface area contributed by atoms with Crippen LogP contribution >= 0.6 is 0 Å². The van der Waals surface area contributed by atoms with E-state index in [1.165, 1.54) is 23.1 Å². The summed E-state index contributed by atoms with van der Waals surface area (Å²) in [4.78, 5) is 12.3. The number of rotatable bonds is 4. The molecule has 0 spiro atoms. The third kappa shape index (κ3) is 3.14. The van der Waals surface area contributed by atoms with E-state index in [1.54, 1.807) is 0 Å². The molecule has 108 valence electrons. The normalized spacial score (nSPS) is 13.0. The van der Waals surface area contributed by atoms with Crippen LogP contribution in [0, 0.1) is 0 Å². The number of anilines is 1. The molecule has 0 bridgehead atoms. The van der Waals surface area contributed by atoms with Crippen LogP contribution in [0.4, 0.5) is 5.69 Å². The predicted molar refractivity (Wildman–Crippen MR) is 85.6 cm³/mol. The highest BCUT2D eigenvalue weighted by Crippen LogP contribution is 2.23. The smallest absolute Gasteiger partial charge is 0.255 e. The summed E-state index contributed by atoms with van der Waals surface area (Å²) in [5, 5.41) is 6.07. The van der Waals surface area contributed by atoms with Crippen LogP contribution in [-0.2, 0) is 19.4 Å². The summed E-state index contributed by atoms with van der Waals surface area (Å²) < 4.78 is 0. The standard InChI is InChI=1S/C18H20N2O/c1-19-12-13-5-9-17(10-6-13)20-18(21)16-8-7-14-3-2-4-15(14)11-16/h5-11,19H,2-4,12H2,1H3,(H,20,21). The van der Waals surface area contributed by atoms with Crippen LogP contribution in [0.1, 0.15) is 33.5 Å². The maximum Gasteiger partial charge on any atom is 0.255 e. The highest BCUT2D eigenvalue weighted by molar-refractivity contribution is 6.04. The van der Waals surface area contributed by atoms with Crippen molar-refractivity contribution in [2.24, 2.45) is 0 Å². The summed E-state index contributed by atoms with van der Waals surface area (Å²) in [5.41, 5.74) is 5.50. The number of carbonyl (C=O) groups excluding carboxylic acids is 1. The number of aryl methyl sites for hydroxylation is 2. The van der Waals surface area contributed by atoms with E-state index in [2.05, 4.69) is 16.7 Å². The van der Waals surface area contributed by atoms with Crippen molar-refractivity contribution in [1.29, 1.82) is 0 Å². The van der Waals surface area contributed by atoms with Crippen LogP contribution in [0.25, 0.3) is 0 Å². The van der Waals surface area contributed by atoms with E-state index in [0.717, 1.165) is 30.6 Å². The van der Waals surface area contributed by atoms with Gasteiger partial charge in [-0.25, -0.2) is 0 Å². The van der Waals surface area contributed by atoms with Crippen molar-refractivity contribution in [2.45, 2.75) is 25.8 Å². The molecule has 0 saturated heterocycles. The van der Waals surface area contributed by atoms with Gasteiger partial charge in [-0.1, -0.05) is 18.2 Å². The largest absolute Gasteiger partial charge is 0.322 e. The fourth-order valence-electron chi connectivity index (χ4n) is 2.83. The van der Waals surface area contributed by atoms with E-state index in [0.29, 0.717) is 0 Å². The zero-order valence-corrected chi connectivity index (χ0v) is 12.3. The lowest BCUT2D eigenvalue weighted by molar-refractivity contribution is 0.102. The number of hydrogen-bond donors (Lipinski definition) is 2. The lowest BCUT2D eigenvalue weighted by Gasteiger charge is -2.08. The van der Waals surface area contributed by atoms with Crippen molar-refractivity contribution < 1.29 is 4.79 Å². The Balaban J connectivity index is 1.71. The average molecular weight is 280 g/mol. The molecule has 21 heavy (non-hydrogen) atoms. The molecule has 3 nitrogen and oxygen atoms in total. The van der Waals surface area contributed by atoms with Gasteiger partial charge >= 0.3 is 0 Å². The average Bonchev–Trinajstić information content (AvgIpc) is 2.97. The van der Waals surface area contributed by atoms with Gasteiger partial charge in [0.05, 0.1) is 0 Å². The lowest BCUT2D eigenvalue weighted by atomic mass is 10.1. The van der Waals surface area contributed by atoms with Crippen molar-refractivity contribution >= 4 is 11.6 Å². The Morgan fingerprint density at radius 1 is 1.05 bits per heavy atom. The number of hydrogen-bond acceptors (Lipinski definition) is 2. The first-order chi connectivity index (χ1) is 10.3. The second-order valence-electron chi connectivity index (χ2n) is 5.52. The van der Waals surface area contributed by atoms with Gasteiger partial charge in [0, 0.05) is 17.8 Å². The van der Waals surface area contributed by atoms with Gasteiger partial charge in [-0.15, -0.1) is 0 Å². The van der Waals surface area contributed by atoms with Gasteiger partial charge in [0.15, 0.2) is 0 Å². The molecule has 0 radical (unpaired) electrons. The molecule has 2 aromatic carbocycles. The van der Waals surface area contributed by atoms with E-state index in [9.17, 15) is 4.79 Å². The number of nitrogens with one attached hydrogen (secondary N) is 2. The molecule has 0 unspecified atom stereocenters. The number of carbonyl (C=O) groups is 1. The minimum Gasteiger partial charge on any atom is -0.322 e. The van der Waals surface area contributed by atoms with E-state index in [1.807, 2.05) is 43.4 Å². The maximum atomic E-state index is 12.3. The van der Waals surface area contributed by atoms with Gasteiger partial charge in [0.25, 0.3) is 5.91 Å². The Morgan fingerprint density at radius 2 is 1.81 bits per heavy atom. The molecule has 0 heterocycles. The van der Waals surface area contributed by atoms with Crippen LogP contribution in [0.3, 0.4) is 0 Å². The number of benzene rings is 2. The van der Waals surface area contributed by atoms with Crippen molar-refractivity contribution in [3.8, 4) is 0 Å². The molecule has 0 atom stereocenters. The maximum absolute atomic E-state index is 12.3. The molecule has 2 N–H and O–H groups in total. The van der Waals surface area contributed by atoms with Crippen LogP contribution < -0.4 is 10.6 Å². The SMILES string of the molecule is CNCc1ccc(NC(=O)c2ccc3c(c2)CCC3)cc1. The van der Waals surface area contributed by atoms with Gasteiger partial charge in [0.1, 0.15) is 0 Å². The Morgan fingerprint density at radius 3 is 2.57 bits per heavy atom. The Bertz CT molecular complexity index is 647. The Kier molecular flexibility index (Phi) is 4.02. The number of fused-ring (bicyclic) bond motifs is 1. The van der Waals surface area contributed by atoms with E-state index in [-0.39, 0.29) is 5.91 Å². The van der Waals surface area contributed by atoms with Gasteiger partial charge in [-0.05, 0) is 67.3 Å². The van der Waals surface area contributed by atoms with E-state index >= 15 is 0 Å². The second-order valence-corrected chi connectivity index (χ2v) is 5.52. The van der Waals surface area contributed by atoms with Crippen molar-refractivity contribution in [1.82, 2.24) is 5.32 Å². The highest BCUT2D eigenvalue weighted by Gasteiger charge is 2.13. The first-order valence-corrected chi connectivity index (χ1v) is 7.43. The summed E-state index contributed by atoms with van der Waals surface area (Å²) in [5.74, 6) is -0.0360. The molecule has 1 aliphatic carbocycles.